The van der Waals surface area contributed by atoms with Gasteiger partial charge in [-0.1, -0.05) is 381 Å². The van der Waals surface area contributed by atoms with Crippen molar-refractivity contribution in [3.05, 3.63) is 0 Å². The number of phosphoric acid groups is 2. The Hall–Kier alpha value is -1.94. The minimum Gasteiger partial charge on any atom is -0.462 e. The van der Waals surface area contributed by atoms with E-state index >= 15 is 0 Å². The highest BCUT2D eigenvalue weighted by atomic mass is 31.2. The summed E-state index contributed by atoms with van der Waals surface area (Å²) in [6.45, 7) is 7.35. The molecule has 0 saturated carbocycles. The molecule has 0 aromatic carbocycles. The molecule has 3 unspecified atom stereocenters. The quantitative estimate of drug-likeness (QED) is 0.0222. The fourth-order valence-electron chi connectivity index (χ4n) is 12.6. The number of carbonyl (C=O) groups is 4. The number of hydrogen-bond donors (Lipinski definition) is 3. The maximum Gasteiger partial charge on any atom is 0.472 e. The Bertz CT molecular complexity index is 1910. The number of hydrogen-bond acceptors (Lipinski definition) is 15. The highest BCUT2D eigenvalue weighted by molar-refractivity contribution is 7.47. The van der Waals surface area contributed by atoms with Gasteiger partial charge in [0.05, 0.1) is 26.4 Å². The lowest BCUT2D eigenvalue weighted by molar-refractivity contribution is -0.161. The van der Waals surface area contributed by atoms with Crippen molar-refractivity contribution in [2.75, 3.05) is 39.6 Å². The van der Waals surface area contributed by atoms with Crippen molar-refractivity contribution in [1.82, 2.24) is 0 Å². The molecule has 594 valence electrons. The fourth-order valence-corrected chi connectivity index (χ4v) is 14.1. The fraction of sp³-hybridized carbons (Fsp3) is 0.951. The minimum atomic E-state index is -4.96. The summed E-state index contributed by atoms with van der Waals surface area (Å²) in [6, 6.07) is 0. The van der Waals surface area contributed by atoms with E-state index in [0.717, 1.165) is 95.8 Å². The summed E-state index contributed by atoms with van der Waals surface area (Å²) in [7, 11) is -9.92. The van der Waals surface area contributed by atoms with Gasteiger partial charge in [0.25, 0.3) is 0 Å². The van der Waals surface area contributed by atoms with E-state index in [1.54, 1.807) is 0 Å². The van der Waals surface area contributed by atoms with Crippen LogP contribution in [-0.2, 0) is 65.4 Å². The SMILES string of the molecule is CCCCCCCCCCCCCCCCCCC(=O)OC[C@H](COP(=O)(O)OC[C@@H](O)COP(=O)(O)OC[C@@H](COC(=O)CCCCCCCCCCC(C)CC)OC(=O)CCCCCCCCCCCCCCCCCC)OC(=O)CCCCCCCCCCCCCCCCCC. The molecule has 0 amide bonds. The number of unbranched alkanes of at least 4 members (excludes halogenated alkanes) is 52. The van der Waals surface area contributed by atoms with Crippen LogP contribution in [0, 0.1) is 5.92 Å². The Labute approximate surface area is 613 Å². The maximum absolute atomic E-state index is 13.1. The predicted molar refractivity (Wildman–Crippen MR) is 409 cm³/mol. The van der Waals surface area contributed by atoms with Crippen LogP contribution in [0.15, 0.2) is 0 Å². The molecule has 0 aliphatic rings. The zero-order valence-corrected chi connectivity index (χ0v) is 67.1. The van der Waals surface area contributed by atoms with Crippen molar-refractivity contribution in [2.24, 2.45) is 5.92 Å². The average molecular weight is 1470 g/mol. The number of phosphoric ester groups is 2. The van der Waals surface area contributed by atoms with Crippen molar-refractivity contribution < 1.29 is 80.2 Å². The van der Waals surface area contributed by atoms with Gasteiger partial charge in [-0.05, 0) is 31.6 Å². The summed E-state index contributed by atoms with van der Waals surface area (Å²) in [6.07, 6.45) is 65.0. The molecule has 0 bridgehead atoms. The molecule has 3 N–H and O–H groups in total. The Morgan fingerprint density at radius 2 is 0.480 bits per heavy atom. The summed E-state index contributed by atoms with van der Waals surface area (Å²) in [5, 5.41) is 10.7. The number of aliphatic hydroxyl groups is 1. The molecule has 0 aromatic rings. The standard InChI is InChI=1S/C81H158O17P2/c1-6-10-13-16-19-22-25-28-31-34-37-40-43-49-54-59-64-78(83)91-70-76(97-80(85)66-61-56-51-44-41-38-35-32-29-26-23-20-17-14-11-7-2)72-95-99(87,88)93-68-75(82)69-94-100(89,90)96-73-77(71-92-79(84)65-60-55-50-47-46-48-53-58-63-74(5)9-4)98-81(86)67-62-57-52-45-42-39-36-33-30-27-24-21-18-15-12-8-3/h74-77,82H,6-73H2,1-5H3,(H,87,88)(H,89,90)/t74?,75-,76-,77-/m1/s1. The Morgan fingerprint density at radius 1 is 0.280 bits per heavy atom. The third-order valence-corrected chi connectivity index (χ3v) is 21.3. The molecular formula is C81H158O17P2. The van der Waals surface area contributed by atoms with Crippen LogP contribution in [0.3, 0.4) is 0 Å². The molecule has 0 spiro atoms. The second-order valence-corrected chi connectivity index (χ2v) is 32.3. The van der Waals surface area contributed by atoms with Crippen molar-refractivity contribution in [3.63, 3.8) is 0 Å². The third-order valence-electron chi connectivity index (χ3n) is 19.4. The van der Waals surface area contributed by atoms with Crippen LogP contribution in [0.4, 0.5) is 0 Å². The van der Waals surface area contributed by atoms with Crippen molar-refractivity contribution >= 4 is 39.5 Å². The van der Waals surface area contributed by atoms with E-state index in [-0.39, 0.29) is 25.7 Å². The highest BCUT2D eigenvalue weighted by Gasteiger charge is 2.30. The maximum atomic E-state index is 13.1. The van der Waals surface area contributed by atoms with Gasteiger partial charge in [0, 0.05) is 25.7 Å². The van der Waals surface area contributed by atoms with Crippen LogP contribution >= 0.6 is 15.6 Å². The number of esters is 4. The number of aliphatic hydroxyl groups excluding tert-OH is 1. The molecule has 100 heavy (non-hydrogen) atoms. The van der Waals surface area contributed by atoms with Crippen LogP contribution in [0.25, 0.3) is 0 Å². The van der Waals surface area contributed by atoms with Gasteiger partial charge in [0.15, 0.2) is 12.2 Å². The summed E-state index contributed by atoms with van der Waals surface area (Å²) < 4.78 is 68.8. The largest absolute Gasteiger partial charge is 0.472 e. The predicted octanol–water partition coefficient (Wildman–Crippen LogP) is 24.4. The van der Waals surface area contributed by atoms with Gasteiger partial charge < -0.3 is 33.8 Å². The topological polar surface area (TPSA) is 237 Å². The average Bonchev–Trinajstić information content (AvgIpc) is 0.961. The molecule has 17 nitrogen and oxygen atoms in total. The summed E-state index contributed by atoms with van der Waals surface area (Å²) in [4.78, 5) is 73.1. The molecule has 0 radical (unpaired) electrons. The molecule has 0 fully saturated rings. The molecular weight excluding hydrogens is 1310 g/mol. The van der Waals surface area contributed by atoms with E-state index < -0.39 is 97.5 Å². The van der Waals surface area contributed by atoms with Gasteiger partial charge in [-0.3, -0.25) is 37.3 Å². The first kappa shape index (κ1) is 98.1. The molecule has 0 heterocycles. The second-order valence-electron chi connectivity index (χ2n) is 29.4. The zero-order valence-electron chi connectivity index (χ0n) is 65.3. The van der Waals surface area contributed by atoms with Gasteiger partial charge in [-0.15, -0.1) is 0 Å². The highest BCUT2D eigenvalue weighted by Crippen LogP contribution is 2.45. The van der Waals surface area contributed by atoms with Crippen LogP contribution < -0.4 is 0 Å². The molecule has 0 aliphatic carbocycles. The number of rotatable bonds is 81. The first-order chi connectivity index (χ1) is 48.6. The van der Waals surface area contributed by atoms with E-state index in [1.807, 2.05) is 0 Å². The zero-order chi connectivity index (χ0) is 73.4. The molecule has 0 aliphatic heterocycles. The van der Waals surface area contributed by atoms with E-state index in [2.05, 4.69) is 34.6 Å². The molecule has 0 rings (SSSR count). The lowest BCUT2D eigenvalue weighted by Crippen LogP contribution is -2.30. The summed E-state index contributed by atoms with van der Waals surface area (Å²) in [5.41, 5.74) is 0. The Morgan fingerprint density at radius 3 is 0.710 bits per heavy atom. The first-order valence-electron chi connectivity index (χ1n) is 42.2. The normalized spacial score (nSPS) is 14.1. The molecule has 0 aromatic heterocycles. The van der Waals surface area contributed by atoms with E-state index in [1.165, 1.54) is 257 Å². The van der Waals surface area contributed by atoms with Gasteiger partial charge >= 0.3 is 39.5 Å². The van der Waals surface area contributed by atoms with Crippen molar-refractivity contribution in [2.45, 2.75) is 451 Å². The smallest absolute Gasteiger partial charge is 0.462 e. The van der Waals surface area contributed by atoms with E-state index in [0.29, 0.717) is 25.7 Å². The molecule has 6 atom stereocenters. The monoisotopic (exact) mass is 1470 g/mol. The second kappa shape index (κ2) is 73.9. The van der Waals surface area contributed by atoms with Crippen molar-refractivity contribution in [3.8, 4) is 0 Å². The third kappa shape index (κ3) is 73.0. The first-order valence-corrected chi connectivity index (χ1v) is 45.2. The van der Waals surface area contributed by atoms with Crippen LogP contribution in [0.5, 0.6) is 0 Å². The summed E-state index contributed by atoms with van der Waals surface area (Å²) in [5.74, 6) is -1.33. The Balaban J connectivity index is 5.27. The van der Waals surface area contributed by atoms with Gasteiger partial charge in [-0.2, -0.15) is 0 Å². The van der Waals surface area contributed by atoms with Gasteiger partial charge in [0.2, 0.25) is 0 Å². The van der Waals surface area contributed by atoms with Crippen LogP contribution in [0.1, 0.15) is 433 Å². The van der Waals surface area contributed by atoms with Crippen LogP contribution in [-0.4, -0.2) is 96.7 Å². The molecule has 19 heteroatoms. The Kier molecular flexibility index (Phi) is 72.5. The number of carbonyl (C=O) groups excluding carboxylic acids is 4. The minimum absolute atomic E-state index is 0.108. The molecule has 0 saturated heterocycles. The van der Waals surface area contributed by atoms with E-state index in [4.69, 9.17) is 37.0 Å². The lowest BCUT2D eigenvalue weighted by atomic mass is 9.99. The lowest BCUT2D eigenvalue weighted by Gasteiger charge is -2.21. The van der Waals surface area contributed by atoms with Gasteiger partial charge in [0.1, 0.15) is 19.3 Å². The number of ether oxygens (including phenoxy) is 4. The van der Waals surface area contributed by atoms with E-state index in [9.17, 15) is 43.2 Å². The van der Waals surface area contributed by atoms with Gasteiger partial charge in [-0.25, -0.2) is 9.13 Å². The van der Waals surface area contributed by atoms with Crippen LogP contribution in [0.2, 0.25) is 0 Å². The van der Waals surface area contributed by atoms with Crippen molar-refractivity contribution in [1.29, 1.82) is 0 Å². The summed E-state index contributed by atoms with van der Waals surface area (Å²) >= 11 is 0.